The molecule has 0 saturated carbocycles. The van der Waals surface area contributed by atoms with Gasteiger partial charge in [0.15, 0.2) is 6.29 Å². The van der Waals surface area contributed by atoms with E-state index in [0.717, 1.165) is 0 Å². The zero-order valence-corrected chi connectivity index (χ0v) is 11.0. The van der Waals surface area contributed by atoms with Crippen LogP contribution >= 0.6 is 0 Å². The molecule has 0 aliphatic rings. The van der Waals surface area contributed by atoms with Crippen molar-refractivity contribution in [1.29, 1.82) is 0 Å². The normalized spacial score (nSPS) is 11.4. The van der Waals surface area contributed by atoms with Crippen LogP contribution in [0.2, 0.25) is 0 Å². The summed E-state index contributed by atoms with van der Waals surface area (Å²) >= 11 is 0. The van der Waals surface area contributed by atoms with Crippen LogP contribution in [0.25, 0.3) is 0 Å². The van der Waals surface area contributed by atoms with Gasteiger partial charge in [0.05, 0.1) is 17.9 Å². The van der Waals surface area contributed by atoms with Crippen LogP contribution in [0.3, 0.4) is 0 Å². The lowest BCUT2D eigenvalue weighted by Gasteiger charge is -2.17. The summed E-state index contributed by atoms with van der Waals surface area (Å²) in [4.78, 5) is 25.5. The fourth-order valence-corrected chi connectivity index (χ4v) is 1.55. The quantitative estimate of drug-likeness (QED) is 0.649. The Labute approximate surface area is 101 Å². The predicted octanol–water partition coefficient (Wildman–Crippen LogP) is 2.65. The van der Waals surface area contributed by atoms with Gasteiger partial charge in [0.25, 0.3) is 0 Å². The first-order valence-corrected chi connectivity index (χ1v) is 5.57. The van der Waals surface area contributed by atoms with Crippen molar-refractivity contribution in [3.05, 3.63) is 22.5 Å². The number of hydrogen-bond donors (Lipinski definition) is 1. The summed E-state index contributed by atoms with van der Waals surface area (Å²) in [5.74, 6) is -0.376. The average molecular weight is 237 g/mol. The van der Waals surface area contributed by atoms with Gasteiger partial charge in [0.1, 0.15) is 0 Å². The van der Waals surface area contributed by atoms with E-state index >= 15 is 0 Å². The Kier molecular flexibility index (Phi) is 3.76. The third-order valence-electron chi connectivity index (χ3n) is 2.43. The summed E-state index contributed by atoms with van der Waals surface area (Å²) in [7, 11) is 0. The second-order valence-corrected chi connectivity index (χ2v) is 5.42. The van der Waals surface area contributed by atoms with Crippen molar-refractivity contribution in [3.63, 3.8) is 0 Å². The van der Waals surface area contributed by atoms with Crippen LogP contribution < -0.4 is 0 Å². The van der Waals surface area contributed by atoms with Gasteiger partial charge < -0.3 is 9.72 Å². The lowest BCUT2D eigenvalue weighted by molar-refractivity contribution is 0.0365. The van der Waals surface area contributed by atoms with Crippen molar-refractivity contribution >= 4 is 12.3 Å². The number of carbonyl (C=O) groups excluding carboxylic acids is 2. The smallest absolute Gasteiger partial charge is 0.340 e. The van der Waals surface area contributed by atoms with Crippen LogP contribution in [0, 0.1) is 19.3 Å². The van der Waals surface area contributed by atoms with Crippen molar-refractivity contribution in [3.8, 4) is 0 Å². The minimum absolute atomic E-state index is 0.0682. The van der Waals surface area contributed by atoms with E-state index in [-0.39, 0.29) is 11.4 Å². The lowest BCUT2D eigenvalue weighted by atomic mass is 9.98. The summed E-state index contributed by atoms with van der Waals surface area (Å²) in [5, 5.41) is 0. The highest BCUT2D eigenvalue weighted by Crippen LogP contribution is 2.20. The Bertz CT molecular complexity index is 438. The third-order valence-corrected chi connectivity index (χ3v) is 2.43. The molecule has 0 aromatic carbocycles. The highest BCUT2D eigenvalue weighted by atomic mass is 16.5. The molecular weight excluding hydrogens is 218 g/mol. The number of nitrogens with one attached hydrogen (secondary N) is 1. The number of aryl methyl sites for hydroxylation is 1. The number of rotatable bonds is 3. The molecule has 4 heteroatoms. The lowest BCUT2D eigenvalue weighted by Crippen LogP contribution is -2.19. The maximum atomic E-state index is 11.9. The number of esters is 1. The number of aldehydes is 1. The second kappa shape index (κ2) is 4.73. The average Bonchev–Trinajstić information content (AvgIpc) is 2.49. The van der Waals surface area contributed by atoms with Crippen molar-refractivity contribution in [1.82, 2.24) is 4.98 Å². The molecule has 1 aromatic rings. The molecule has 0 spiro atoms. The predicted molar refractivity (Wildman–Crippen MR) is 65.4 cm³/mol. The summed E-state index contributed by atoms with van der Waals surface area (Å²) in [6, 6.07) is 0. The van der Waals surface area contributed by atoms with Gasteiger partial charge in [-0.05, 0) is 24.8 Å². The molecule has 0 amide bonds. The fourth-order valence-electron chi connectivity index (χ4n) is 1.55. The summed E-state index contributed by atoms with van der Waals surface area (Å²) < 4.78 is 5.24. The molecule has 17 heavy (non-hydrogen) atoms. The van der Waals surface area contributed by atoms with Crippen LogP contribution in [-0.2, 0) is 4.74 Å². The molecule has 0 bridgehead atoms. The molecule has 0 atom stereocenters. The highest BCUT2D eigenvalue weighted by molar-refractivity contribution is 5.95. The molecule has 0 fully saturated rings. The monoisotopic (exact) mass is 237 g/mol. The van der Waals surface area contributed by atoms with E-state index in [0.29, 0.717) is 35.4 Å². The first kappa shape index (κ1) is 13.5. The number of aromatic nitrogens is 1. The number of carbonyl (C=O) groups is 2. The van der Waals surface area contributed by atoms with Gasteiger partial charge in [0.2, 0.25) is 0 Å². The van der Waals surface area contributed by atoms with E-state index in [2.05, 4.69) is 4.98 Å². The van der Waals surface area contributed by atoms with Gasteiger partial charge in [-0.3, -0.25) is 4.79 Å². The summed E-state index contributed by atoms with van der Waals surface area (Å²) in [5.41, 5.74) is 2.16. The fraction of sp³-hybridized carbons (Fsp3) is 0.538. The topological polar surface area (TPSA) is 59.2 Å². The van der Waals surface area contributed by atoms with Gasteiger partial charge in [-0.2, -0.15) is 0 Å². The third kappa shape index (κ3) is 3.19. The molecule has 4 nitrogen and oxygen atoms in total. The first-order chi connectivity index (χ1) is 7.76. The Hall–Kier alpha value is -1.58. The molecule has 94 valence electrons. The Morgan fingerprint density at radius 1 is 1.35 bits per heavy atom. The van der Waals surface area contributed by atoms with E-state index in [1.54, 1.807) is 13.8 Å². The largest absolute Gasteiger partial charge is 0.461 e. The molecule has 1 rings (SSSR count). The van der Waals surface area contributed by atoms with E-state index in [9.17, 15) is 9.59 Å². The van der Waals surface area contributed by atoms with E-state index < -0.39 is 0 Å². The molecule has 1 aromatic heterocycles. The molecule has 0 saturated heterocycles. The van der Waals surface area contributed by atoms with Gasteiger partial charge in [-0.25, -0.2) is 4.79 Å². The van der Waals surface area contributed by atoms with E-state index in [4.69, 9.17) is 4.74 Å². The number of H-pyrrole nitrogens is 1. The maximum Gasteiger partial charge on any atom is 0.340 e. The molecule has 0 radical (unpaired) electrons. The molecule has 1 N–H and O–H groups in total. The van der Waals surface area contributed by atoms with Crippen LogP contribution in [0.1, 0.15) is 52.9 Å². The van der Waals surface area contributed by atoms with Gasteiger partial charge >= 0.3 is 5.97 Å². The Morgan fingerprint density at radius 2 is 1.94 bits per heavy atom. The number of aromatic amines is 1. The van der Waals surface area contributed by atoms with Crippen molar-refractivity contribution in [2.45, 2.75) is 34.6 Å². The van der Waals surface area contributed by atoms with Gasteiger partial charge in [0, 0.05) is 5.69 Å². The molecule has 0 unspecified atom stereocenters. The van der Waals surface area contributed by atoms with Crippen LogP contribution in [0.5, 0.6) is 0 Å². The standard InChI is InChI=1S/C13H19NO3/c1-8-10(6-15)14-9(2)11(8)12(16)17-7-13(3,4)5/h6,14H,7H2,1-5H3. The highest BCUT2D eigenvalue weighted by Gasteiger charge is 2.21. The van der Waals surface area contributed by atoms with Gasteiger partial charge in [-0.1, -0.05) is 20.8 Å². The number of ether oxygens (including phenoxy) is 1. The molecule has 0 aliphatic heterocycles. The van der Waals surface area contributed by atoms with E-state index in [1.165, 1.54) is 0 Å². The SMILES string of the molecule is Cc1[nH]c(C=O)c(C)c1C(=O)OCC(C)(C)C. The second-order valence-electron chi connectivity index (χ2n) is 5.42. The zero-order chi connectivity index (χ0) is 13.2. The maximum absolute atomic E-state index is 11.9. The van der Waals surface area contributed by atoms with Gasteiger partial charge in [-0.15, -0.1) is 0 Å². The molecular formula is C13H19NO3. The molecule has 0 aliphatic carbocycles. The first-order valence-electron chi connectivity index (χ1n) is 5.57. The van der Waals surface area contributed by atoms with E-state index in [1.807, 2.05) is 20.8 Å². The van der Waals surface area contributed by atoms with Crippen molar-refractivity contribution in [2.75, 3.05) is 6.61 Å². The minimum atomic E-state index is -0.376. The minimum Gasteiger partial charge on any atom is -0.461 e. The van der Waals surface area contributed by atoms with Crippen LogP contribution in [0.4, 0.5) is 0 Å². The van der Waals surface area contributed by atoms with Crippen molar-refractivity contribution in [2.24, 2.45) is 5.41 Å². The zero-order valence-electron chi connectivity index (χ0n) is 11.0. The van der Waals surface area contributed by atoms with Crippen LogP contribution in [-0.4, -0.2) is 23.8 Å². The summed E-state index contributed by atoms with van der Waals surface area (Å²) in [6.45, 7) is 9.83. The number of hydrogen-bond acceptors (Lipinski definition) is 3. The Balaban J connectivity index is 2.90. The van der Waals surface area contributed by atoms with Crippen LogP contribution in [0.15, 0.2) is 0 Å². The van der Waals surface area contributed by atoms with Crippen molar-refractivity contribution < 1.29 is 14.3 Å². The molecule has 1 heterocycles. The Morgan fingerprint density at radius 3 is 2.35 bits per heavy atom. The summed E-state index contributed by atoms with van der Waals surface area (Å²) in [6.07, 6.45) is 0.711.